The Morgan fingerprint density at radius 2 is 1.97 bits per heavy atom. The molecule has 30 heavy (non-hydrogen) atoms. The van der Waals surface area contributed by atoms with Crippen molar-refractivity contribution in [2.45, 2.75) is 32.2 Å². The SMILES string of the molecule is O=C(Nc1ccnn1Cc1cccs1)c1ccc(N2CCCCCC2)c([N+](=O)[O-])c1. The van der Waals surface area contributed by atoms with Crippen molar-refractivity contribution in [3.05, 3.63) is 68.5 Å². The van der Waals surface area contributed by atoms with Crippen LogP contribution in [0.4, 0.5) is 17.2 Å². The Hall–Kier alpha value is -3.20. The predicted octanol–water partition coefficient (Wildman–Crippen LogP) is 4.53. The number of aromatic nitrogens is 2. The molecule has 1 fully saturated rings. The summed E-state index contributed by atoms with van der Waals surface area (Å²) in [6.07, 6.45) is 5.95. The van der Waals surface area contributed by atoms with Gasteiger partial charge in [0.05, 0.1) is 17.7 Å². The third-order valence-electron chi connectivity index (χ3n) is 5.22. The summed E-state index contributed by atoms with van der Waals surface area (Å²) in [5.41, 5.74) is 0.807. The minimum Gasteiger partial charge on any atom is -0.366 e. The fraction of sp³-hybridized carbons (Fsp3) is 0.333. The van der Waals surface area contributed by atoms with Crippen LogP contribution in [0.25, 0.3) is 0 Å². The molecule has 0 saturated carbocycles. The van der Waals surface area contributed by atoms with Gasteiger partial charge in [0.1, 0.15) is 11.5 Å². The van der Waals surface area contributed by atoms with Gasteiger partial charge >= 0.3 is 0 Å². The molecular weight excluding hydrogens is 402 g/mol. The van der Waals surface area contributed by atoms with E-state index in [0.717, 1.165) is 43.6 Å². The topological polar surface area (TPSA) is 93.3 Å². The molecule has 0 unspecified atom stereocenters. The molecule has 0 atom stereocenters. The van der Waals surface area contributed by atoms with Gasteiger partial charge in [-0.15, -0.1) is 11.3 Å². The number of thiophene rings is 1. The van der Waals surface area contributed by atoms with E-state index in [2.05, 4.69) is 15.3 Å². The number of hydrogen-bond donors (Lipinski definition) is 1. The number of nitro benzene ring substituents is 1. The van der Waals surface area contributed by atoms with Gasteiger partial charge in [-0.3, -0.25) is 14.9 Å². The number of nitrogens with zero attached hydrogens (tertiary/aromatic N) is 4. The minimum atomic E-state index is -0.405. The number of nitrogens with one attached hydrogen (secondary N) is 1. The maximum absolute atomic E-state index is 12.8. The lowest BCUT2D eigenvalue weighted by atomic mass is 10.1. The quantitative estimate of drug-likeness (QED) is 0.462. The van der Waals surface area contributed by atoms with Gasteiger partial charge in [0, 0.05) is 35.7 Å². The fourth-order valence-electron chi connectivity index (χ4n) is 3.69. The van der Waals surface area contributed by atoms with Gasteiger partial charge < -0.3 is 10.2 Å². The lowest BCUT2D eigenvalue weighted by molar-refractivity contribution is -0.384. The predicted molar refractivity (Wildman–Crippen MR) is 117 cm³/mol. The Kier molecular flexibility index (Phi) is 6.08. The molecule has 8 nitrogen and oxygen atoms in total. The third-order valence-corrected chi connectivity index (χ3v) is 6.09. The second-order valence-corrected chi connectivity index (χ2v) is 8.30. The normalized spacial score (nSPS) is 14.3. The largest absolute Gasteiger partial charge is 0.366 e. The third kappa shape index (κ3) is 4.51. The number of carbonyl (C=O) groups is 1. The number of benzene rings is 1. The Bertz CT molecular complexity index is 1020. The standard InChI is InChI=1S/C21H23N5O3S/c27-21(23-20-9-10-22-25(20)15-17-6-5-13-30-17)16-7-8-18(19(14-16)26(28)29)24-11-3-1-2-4-12-24/h5-10,13-14H,1-4,11-12,15H2,(H,23,27). The summed E-state index contributed by atoms with van der Waals surface area (Å²) >= 11 is 1.61. The summed E-state index contributed by atoms with van der Waals surface area (Å²) in [4.78, 5) is 27.3. The Balaban J connectivity index is 1.54. The number of amides is 1. The Morgan fingerprint density at radius 1 is 1.17 bits per heavy atom. The zero-order valence-corrected chi connectivity index (χ0v) is 17.3. The molecule has 1 saturated heterocycles. The summed E-state index contributed by atoms with van der Waals surface area (Å²) in [5.74, 6) is 0.154. The number of carbonyl (C=O) groups excluding carboxylic acids is 1. The van der Waals surface area contributed by atoms with E-state index in [4.69, 9.17) is 0 Å². The molecule has 1 aliphatic heterocycles. The van der Waals surface area contributed by atoms with E-state index in [1.807, 2.05) is 17.5 Å². The highest BCUT2D eigenvalue weighted by Crippen LogP contribution is 2.31. The molecule has 9 heteroatoms. The second kappa shape index (κ2) is 9.08. The van der Waals surface area contributed by atoms with Gasteiger partial charge in [0.25, 0.3) is 11.6 Å². The molecule has 2 aromatic heterocycles. The molecule has 1 amide bonds. The van der Waals surface area contributed by atoms with E-state index >= 15 is 0 Å². The van der Waals surface area contributed by atoms with Crippen molar-refractivity contribution < 1.29 is 9.72 Å². The number of rotatable bonds is 6. The Labute approximate surface area is 178 Å². The molecule has 4 rings (SSSR count). The summed E-state index contributed by atoms with van der Waals surface area (Å²) in [6.45, 7) is 2.15. The molecule has 1 N–H and O–H groups in total. The van der Waals surface area contributed by atoms with Crippen LogP contribution in [0.5, 0.6) is 0 Å². The van der Waals surface area contributed by atoms with Crippen molar-refractivity contribution in [2.75, 3.05) is 23.3 Å². The van der Waals surface area contributed by atoms with E-state index in [1.54, 1.807) is 40.4 Å². The van der Waals surface area contributed by atoms with Crippen LogP contribution in [-0.2, 0) is 6.54 Å². The van der Waals surface area contributed by atoms with Crippen molar-refractivity contribution in [2.24, 2.45) is 0 Å². The summed E-state index contributed by atoms with van der Waals surface area (Å²) < 4.78 is 1.70. The first kappa shape index (κ1) is 20.1. The molecule has 1 aliphatic rings. The number of hydrogen-bond acceptors (Lipinski definition) is 6. The summed E-state index contributed by atoms with van der Waals surface area (Å²) in [5, 5.41) is 20.8. The molecule has 0 bridgehead atoms. The first-order valence-electron chi connectivity index (χ1n) is 10.0. The number of anilines is 2. The van der Waals surface area contributed by atoms with Crippen LogP contribution in [-0.4, -0.2) is 33.7 Å². The zero-order chi connectivity index (χ0) is 20.9. The van der Waals surface area contributed by atoms with Crippen LogP contribution in [0.3, 0.4) is 0 Å². The summed E-state index contributed by atoms with van der Waals surface area (Å²) in [6, 6.07) is 10.4. The monoisotopic (exact) mass is 425 g/mol. The van der Waals surface area contributed by atoms with E-state index in [0.29, 0.717) is 18.1 Å². The van der Waals surface area contributed by atoms with Gasteiger partial charge in [-0.25, -0.2) is 4.68 Å². The van der Waals surface area contributed by atoms with E-state index in [1.165, 1.54) is 6.07 Å². The number of nitro groups is 1. The van der Waals surface area contributed by atoms with Gasteiger partial charge in [0.2, 0.25) is 0 Å². The first-order chi connectivity index (χ1) is 14.6. The zero-order valence-electron chi connectivity index (χ0n) is 16.5. The lowest BCUT2D eigenvalue weighted by Gasteiger charge is -2.22. The highest BCUT2D eigenvalue weighted by Gasteiger charge is 2.23. The fourth-order valence-corrected chi connectivity index (χ4v) is 4.38. The average molecular weight is 426 g/mol. The van der Waals surface area contributed by atoms with Crippen LogP contribution in [0.1, 0.15) is 40.9 Å². The van der Waals surface area contributed by atoms with E-state index < -0.39 is 10.8 Å². The van der Waals surface area contributed by atoms with Crippen LogP contribution in [0, 0.1) is 10.1 Å². The molecule has 156 valence electrons. The van der Waals surface area contributed by atoms with Crippen molar-refractivity contribution >= 4 is 34.4 Å². The highest BCUT2D eigenvalue weighted by molar-refractivity contribution is 7.09. The smallest absolute Gasteiger partial charge is 0.293 e. The van der Waals surface area contributed by atoms with Crippen LogP contribution < -0.4 is 10.2 Å². The molecule has 3 aromatic rings. The molecule has 0 radical (unpaired) electrons. The second-order valence-electron chi connectivity index (χ2n) is 7.27. The van der Waals surface area contributed by atoms with Gasteiger partial charge in [-0.05, 0) is 36.4 Å². The van der Waals surface area contributed by atoms with Crippen molar-refractivity contribution in [1.82, 2.24) is 9.78 Å². The Morgan fingerprint density at radius 3 is 2.67 bits per heavy atom. The average Bonchev–Trinajstić information content (AvgIpc) is 3.33. The van der Waals surface area contributed by atoms with E-state index in [9.17, 15) is 14.9 Å². The summed E-state index contributed by atoms with van der Waals surface area (Å²) in [7, 11) is 0. The van der Waals surface area contributed by atoms with Gasteiger partial charge in [0.15, 0.2) is 0 Å². The minimum absolute atomic E-state index is 0.0309. The molecule has 1 aromatic carbocycles. The van der Waals surface area contributed by atoms with Crippen LogP contribution >= 0.6 is 11.3 Å². The molecule has 3 heterocycles. The highest BCUT2D eigenvalue weighted by atomic mass is 32.1. The van der Waals surface area contributed by atoms with Crippen LogP contribution in [0.15, 0.2) is 48.0 Å². The van der Waals surface area contributed by atoms with Crippen molar-refractivity contribution in [3.63, 3.8) is 0 Å². The maximum Gasteiger partial charge on any atom is 0.293 e. The lowest BCUT2D eigenvalue weighted by Crippen LogP contribution is -2.25. The molecule has 0 aliphatic carbocycles. The first-order valence-corrected chi connectivity index (χ1v) is 10.9. The van der Waals surface area contributed by atoms with Crippen molar-refractivity contribution in [1.29, 1.82) is 0 Å². The van der Waals surface area contributed by atoms with Gasteiger partial charge in [-0.1, -0.05) is 18.9 Å². The molecular formula is C21H23N5O3S. The van der Waals surface area contributed by atoms with Crippen molar-refractivity contribution in [3.8, 4) is 0 Å². The van der Waals surface area contributed by atoms with E-state index in [-0.39, 0.29) is 11.3 Å². The molecule has 0 spiro atoms. The van der Waals surface area contributed by atoms with Gasteiger partial charge in [-0.2, -0.15) is 5.10 Å². The van der Waals surface area contributed by atoms with Crippen LogP contribution in [0.2, 0.25) is 0 Å². The maximum atomic E-state index is 12.8.